The molecule has 0 fully saturated rings. The molecular formula is C21H23NO. The molecule has 0 aliphatic rings. The second-order valence-electron chi connectivity index (χ2n) is 5.06. The van der Waals surface area contributed by atoms with Crippen molar-refractivity contribution in [3.8, 4) is 0 Å². The van der Waals surface area contributed by atoms with Crippen LogP contribution in [0.15, 0.2) is 64.2 Å². The zero-order chi connectivity index (χ0) is 16.7. The van der Waals surface area contributed by atoms with Crippen molar-refractivity contribution in [2.24, 2.45) is 4.99 Å². The van der Waals surface area contributed by atoms with Crippen LogP contribution < -0.4 is 0 Å². The Hall–Kier alpha value is -2.61. The molecule has 2 rings (SSSR count). The monoisotopic (exact) mass is 305 g/mol. The Kier molecular flexibility index (Phi) is 5.93. The molecular weight excluding hydrogens is 282 g/mol. The molecule has 0 atom stereocenters. The molecule has 0 saturated heterocycles. The highest BCUT2D eigenvalue weighted by atomic mass is 16.3. The van der Waals surface area contributed by atoms with Gasteiger partial charge >= 0.3 is 0 Å². The minimum Gasteiger partial charge on any atom is -0.455 e. The van der Waals surface area contributed by atoms with Crippen molar-refractivity contribution < 1.29 is 4.42 Å². The van der Waals surface area contributed by atoms with Crippen molar-refractivity contribution in [1.29, 1.82) is 0 Å². The average molecular weight is 305 g/mol. The minimum atomic E-state index is 0.870. The fourth-order valence-corrected chi connectivity index (χ4v) is 2.49. The predicted molar refractivity (Wildman–Crippen MR) is 102 cm³/mol. The molecule has 0 aliphatic carbocycles. The standard InChI is InChI=1S/C21H23NO/c1-5-10-16-17-13-9-14-18(19(11-6-2)22-15-8-4)21(17)23-20(16)12-7-3/h5-15H,1-4H3/b10-5-,11-6-,12-7-,15-8-,22-19+. The highest BCUT2D eigenvalue weighted by Crippen LogP contribution is 2.31. The maximum atomic E-state index is 6.15. The Labute approximate surface area is 138 Å². The smallest absolute Gasteiger partial charge is 0.144 e. The fourth-order valence-electron chi connectivity index (χ4n) is 2.49. The van der Waals surface area contributed by atoms with E-state index in [0.717, 1.165) is 33.6 Å². The van der Waals surface area contributed by atoms with E-state index in [1.165, 1.54) is 0 Å². The molecule has 2 aromatic rings. The summed E-state index contributed by atoms with van der Waals surface area (Å²) in [6.07, 6.45) is 15.8. The molecule has 1 aromatic heterocycles. The molecule has 0 radical (unpaired) electrons. The lowest BCUT2D eigenvalue weighted by Gasteiger charge is -2.02. The van der Waals surface area contributed by atoms with E-state index in [0.29, 0.717) is 0 Å². The highest BCUT2D eigenvalue weighted by molar-refractivity contribution is 6.16. The van der Waals surface area contributed by atoms with Crippen LogP contribution in [0.5, 0.6) is 0 Å². The molecule has 0 aliphatic heterocycles. The van der Waals surface area contributed by atoms with Crippen molar-refractivity contribution in [2.45, 2.75) is 27.7 Å². The molecule has 1 aromatic carbocycles. The van der Waals surface area contributed by atoms with Gasteiger partial charge in [-0.05, 0) is 45.9 Å². The van der Waals surface area contributed by atoms with Gasteiger partial charge in [-0.2, -0.15) is 0 Å². The zero-order valence-corrected chi connectivity index (χ0v) is 14.2. The Bertz CT molecular complexity index is 814. The van der Waals surface area contributed by atoms with E-state index in [4.69, 9.17) is 4.42 Å². The second kappa shape index (κ2) is 8.14. The third-order valence-electron chi connectivity index (χ3n) is 3.40. The molecule has 0 N–H and O–H groups in total. The Balaban J connectivity index is 2.78. The lowest BCUT2D eigenvalue weighted by atomic mass is 10.0. The zero-order valence-electron chi connectivity index (χ0n) is 14.2. The largest absolute Gasteiger partial charge is 0.455 e. The number of allylic oxidation sites excluding steroid dienone is 5. The second-order valence-corrected chi connectivity index (χ2v) is 5.06. The molecule has 0 unspecified atom stereocenters. The lowest BCUT2D eigenvalue weighted by Crippen LogP contribution is -1.96. The molecule has 0 amide bonds. The minimum absolute atomic E-state index is 0.870. The van der Waals surface area contributed by atoms with Gasteiger partial charge in [0.05, 0.1) is 5.71 Å². The Morgan fingerprint density at radius 1 is 0.957 bits per heavy atom. The first-order valence-electron chi connectivity index (χ1n) is 7.89. The van der Waals surface area contributed by atoms with E-state index in [1.807, 2.05) is 76.3 Å². The van der Waals surface area contributed by atoms with Crippen LogP contribution in [0.4, 0.5) is 0 Å². The Morgan fingerprint density at radius 3 is 2.39 bits per heavy atom. The van der Waals surface area contributed by atoms with Gasteiger partial charge in [0.25, 0.3) is 0 Å². The topological polar surface area (TPSA) is 25.5 Å². The van der Waals surface area contributed by atoms with Crippen molar-refractivity contribution in [1.82, 2.24) is 0 Å². The Morgan fingerprint density at radius 2 is 1.74 bits per heavy atom. The third kappa shape index (κ3) is 3.59. The normalized spacial score (nSPS) is 13.7. The fraction of sp³-hybridized carbons (Fsp3) is 0.190. The molecule has 0 spiro atoms. The van der Waals surface area contributed by atoms with Crippen LogP contribution in [0.3, 0.4) is 0 Å². The summed E-state index contributed by atoms with van der Waals surface area (Å²) in [7, 11) is 0. The van der Waals surface area contributed by atoms with Gasteiger partial charge in [0, 0.05) is 22.7 Å². The van der Waals surface area contributed by atoms with Crippen molar-refractivity contribution in [3.63, 3.8) is 0 Å². The molecule has 1 heterocycles. The van der Waals surface area contributed by atoms with Crippen LogP contribution in [-0.2, 0) is 0 Å². The average Bonchev–Trinajstić information content (AvgIpc) is 2.90. The summed E-state index contributed by atoms with van der Waals surface area (Å²) < 4.78 is 6.15. The number of nitrogens with zero attached hydrogens (tertiary/aromatic N) is 1. The summed E-state index contributed by atoms with van der Waals surface area (Å²) in [6.45, 7) is 7.95. The van der Waals surface area contributed by atoms with Crippen molar-refractivity contribution in [2.75, 3.05) is 0 Å². The number of furan rings is 1. The first-order chi connectivity index (χ1) is 11.3. The molecule has 0 bridgehead atoms. The van der Waals surface area contributed by atoms with E-state index in [9.17, 15) is 0 Å². The maximum Gasteiger partial charge on any atom is 0.144 e. The summed E-state index contributed by atoms with van der Waals surface area (Å²) in [5.74, 6) is 0.874. The van der Waals surface area contributed by atoms with Crippen LogP contribution >= 0.6 is 0 Å². The third-order valence-corrected chi connectivity index (χ3v) is 3.40. The number of rotatable bonds is 5. The van der Waals surface area contributed by atoms with Crippen molar-refractivity contribution >= 4 is 28.8 Å². The number of aliphatic imine (C=N–C) groups is 1. The van der Waals surface area contributed by atoms with Gasteiger partial charge in [-0.1, -0.05) is 42.5 Å². The van der Waals surface area contributed by atoms with Gasteiger partial charge in [0.2, 0.25) is 0 Å². The quantitative estimate of drug-likeness (QED) is 0.587. The number of fused-ring (bicyclic) bond motifs is 1. The van der Waals surface area contributed by atoms with E-state index >= 15 is 0 Å². The van der Waals surface area contributed by atoms with Crippen LogP contribution in [0.1, 0.15) is 44.6 Å². The van der Waals surface area contributed by atoms with Crippen LogP contribution in [0.25, 0.3) is 23.1 Å². The molecule has 2 heteroatoms. The SMILES string of the molecule is C\C=C/N=C(\C=C/C)c1cccc2c(/C=C\C)c(/C=C\C)oc12. The van der Waals surface area contributed by atoms with Gasteiger partial charge in [-0.15, -0.1) is 0 Å². The lowest BCUT2D eigenvalue weighted by molar-refractivity contribution is 0.602. The molecule has 0 saturated carbocycles. The summed E-state index contributed by atoms with van der Waals surface area (Å²) >= 11 is 0. The molecule has 23 heavy (non-hydrogen) atoms. The predicted octanol–water partition coefficient (Wildman–Crippen LogP) is 6.40. The van der Waals surface area contributed by atoms with Crippen molar-refractivity contribution in [3.05, 3.63) is 71.7 Å². The first-order valence-corrected chi connectivity index (χ1v) is 7.89. The molecule has 2 nitrogen and oxygen atoms in total. The van der Waals surface area contributed by atoms with E-state index < -0.39 is 0 Å². The van der Waals surface area contributed by atoms with Crippen LogP contribution in [-0.4, -0.2) is 5.71 Å². The summed E-state index contributed by atoms with van der Waals surface area (Å²) in [5, 5.41) is 1.10. The molecule has 118 valence electrons. The van der Waals surface area contributed by atoms with E-state index in [-0.39, 0.29) is 0 Å². The van der Waals surface area contributed by atoms with Gasteiger partial charge in [-0.3, -0.25) is 4.99 Å². The first kappa shape index (κ1) is 16.8. The number of para-hydroxylation sites is 1. The van der Waals surface area contributed by atoms with Gasteiger partial charge in [-0.25, -0.2) is 0 Å². The van der Waals surface area contributed by atoms with Gasteiger partial charge in [0.15, 0.2) is 0 Å². The van der Waals surface area contributed by atoms with E-state index in [1.54, 1.807) is 6.20 Å². The van der Waals surface area contributed by atoms with E-state index in [2.05, 4.69) is 17.1 Å². The summed E-state index contributed by atoms with van der Waals surface area (Å²) in [5.41, 5.74) is 3.87. The van der Waals surface area contributed by atoms with Gasteiger partial charge in [0.1, 0.15) is 11.3 Å². The highest BCUT2D eigenvalue weighted by Gasteiger charge is 2.14. The summed E-state index contributed by atoms with van der Waals surface area (Å²) in [6, 6.07) is 6.19. The maximum absolute atomic E-state index is 6.15. The van der Waals surface area contributed by atoms with Crippen LogP contribution in [0.2, 0.25) is 0 Å². The van der Waals surface area contributed by atoms with Gasteiger partial charge < -0.3 is 4.42 Å². The number of hydrogen-bond donors (Lipinski definition) is 0. The number of hydrogen-bond acceptors (Lipinski definition) is 2. The van der Waals surface area contributed by atoms with Crippen LogP contribution in [0, 0.1) is 0 Å². The summed E-state index contributed by atoms with van der Waals surface area (Å²) in [4.78, 5) is 4.54. The number of benzene rings is 1.